The summed E-state index contributed by atoms with van der Waals surface area (Å²) in [6, 6.07) is 20.7. The van der Waals surface area contributed by atoms with E-state index < -0.39 is 17.9 Å². The van der Waals surface area contributed by atoms with Crippen LogP contribution in [-0.4, -0.2) is 65.4 Å². The lowest BCUT2D eigenvalue weighted by molar-refractivity contribution is -0.132. The van der Waals surface area contributed by atoms with Gasteiger partial charge in [-0.3, -0.25) is 29.0 Å². The zero-order valence-electron chi connectivity index (χ0n) is 24.1. The number of piperazine rings is 1. The number of hydrogen-bond acceptors (Lipinski definition) is 8. The molecule has 43 heavy (non-hydrogen) atoms. The zero-order valence-corrected chi connectivity index (χ0v) is 24.1. The molecule has 0 aromatic heterocycles. The Morgan fingerprint density at radius 2 is 1.65 bits per heavy atom. The smallest absolute Gasteiger partial charge is 0.264 e. The van der Waals surface area contributed by atoms with E-state index >= 15 is 0 Å². The number of hydrogen-bond donors (Lipinski definition) is 1. The summed E-state index contributed by atoms with van der Waals surface area (Å²) >= 11 is 0. The summed E-state index contributed by atoms with van der Waals surface area (Å²) in [6.07, 6.45) is 0.151. The molecule has 1 unspecified atom stereocenters. The van der Waals surface area contributed by atoms with Crippen LogP contribution < -0.4 is 10.2 Å². The monoisotopic (exact) mass is 575 g/mol. The molecule has 2 aliphatic heterocycles. The standard InChI is InChI=1S/C34H33N5O4/c1-22-17-25(19-35)9-11-29(22)38-15-13-37(14-16-38)21-24-7-5-23(6-8-24)20-36-28-4-2-3-27-32(28)34(43)39(33(27)42)30-12-10-26(40)18-31(30)41/h2-9,11,17,30,36H,10,12-16,18,20-21H2,1H3. The maximum absolute atomic E-state index is 13.4. The first kappa shape index (κ1) is 28.3. The van der Waals surface area contributed by atoms with Gasteiger partial charge in [0.05, 0.1) is 35.2 Å². The van der Waals surface area contributed by atoms with Gasteiger partial charge < -0.3 is 10.2 Å². The van der Waals surface area contributed by atoms with Crippen molar-refractivity contribution in [2.75, 3.05) is 36.4 Å². The van der Waals surface area contributed by atoms with Gasteiger partial charge >= 0.3 is 0 Å². The first-order valence-electron chi connectivity index (χ1n) is 14.7. The second-order valence-corrected chi connectivity index (χ2v) is 11.5. The molecule has 1 N–H and O–H groups in total. The number of nitrogens with zero attached hydrogens (tertiary/aromatic N) is 4. The largest absolute Gasteiger partial charge is 0.380 e. The van der Waals surface area contributed by atoms with Gasteiger partial charge in [-0.15, -0.1) is 0 Å². The molecule has 3 aromatic rings. The third kappa shape index (κ3) is 5.66. The topological polar surface area (TPSA) is 114 Å². The summed E-state index contributed by atoms with van der Waals surface area (Å²) in [7, 11) is 0. The lowest BCUT2D eigenvalue weighted by Gasteiger charge is -2.37. The van der Waals surface area contributed by atoms with Crippen molar-refractivity contribution in [2.45, 2.75) is 45.3 Å². The molecule has 218 valence electrons. The Morgan fingerprint density at radius 1 is 0.907 bits per heavy atom. The van der Waals surface area contributed by atoms with E-state index in [2.05, 4.69) is 52.4 Å². The van der Waals surface area contributed by atoms with Crippen LogP contribution in [0.4, 0.5) is 11.4 Å². The van der Waals surface area contributed by atoms with Crippen LogP contribution in [-0.2, 0) is 22.7 Å². The predicted molar refractivity (Wildman–Crippen MR) is 162 cm³/mol. The summed E-state index contributed by atoms with van der Waals surface area (Å²) in [5.74, 6) is -1.48. The molecule has 6 rings (SSSR count). The Kier molecular flexibility index (Phi) is 7.78. The first-order valence-corrected chi connectivity index (χ1v) is 14.7. The molecule has 1 saturated heterocycles. The van der Waals surface area contributed by atoms with E-state index in [-0.39, 0.29) is 42.0 Å². The average Bonchev–Trinajstić information content (AvgIpc) is 3.27. The van der Waals surface area contributed by atoms with Gasteiger partial charge in [0, 0.05) is 57.1 Å². The number of aryl methyl sites for hydroxylation is 1. The fourth-order valence-electron chi connectivity index (χ4n) is 6.31. The van der Waals surface area contributed by atoms with Gasteiger partial charge in [-0.1, -0.05) is 30.3 Å². The quantitative estimate of drug-likeness (QED) is 0.331. The molecule has 1 saturated carbocycles. The molecular weight excluding hydrogens is 542 g/mol. The number of carbonyl (C=O) groups is 4. The Balaban J connectivity index is 1.05. The molecule has 3 aromatic carbocycles. The summed E-state index contributed by atoms with van der Waals surface area (Å²) in [5, 5.41) is 12.5. The highest BCUT2D eigenvalue weighted by atomic mass is 16.2. The van der Waals surface area contributed by atoms with Crippen LogP contribution in [0.25, 0.3) is 0 Å². The Morgan fingerprint density at radius 3 is 2.35 bits per heavy atom. The third-order valence-corrected chi connectivity index (χ3v) is 8.65. The van der Waals surface area contributed by atoms with Crippen LogP contribution in [0.5, 0.6) is 0 Å². The normalized spacial score (nSPS) is 19.0. The van der Waals surface area contributed by atoms with Crippen LogP contribution in [0, 0.1) is 18.3 Å². The number of carbonyl (C=O) groups excluding carboxylic acids is 4. The number of anilines is 2. The summed E-state index contributed by atoms with van der Waals surface area (Å²) < 4.78 is 0. The number of ketones is 2. The van der Waals surface area contributed by atoms with Gasteiger partial charge in [0.15, 0.2) is 5.78 Å². The fraction of sp³-hybridized carbons (Fsp3) is 0.324. The van der Waals surface area contributed by atoms with Gasteiger partial charge in [-0.25, -0.2) is 0 Å². The minimum Gasteiger partial charge on any atom is -0.380 e. The number of amides is 2. The first-order chi connectivity index (χ1) is 20.8. The van der Waals surface area contributed by atoms with Crippen LogP contribution >= 0.6 is 0 Å². The molecule has 0 spiro atoms. The van der Waals surface area contributed by atoms with Crippen molar-refractivity contribution in [3.8, 4) is 6.07 Å². The van der Waals surface area contributed by atoms with Crippen molar-refractivity contribution in [3.63, 3.8) is 0 Å². The number of rotatable bonds is 7. The Labute approximate surface area is 250 Å². The number of fused-ring (bicyclic) bond motifs is 1. The molecule has 0 bridgehead atoms. The van der Waals surface area contributed by atoms with E-state index in [4.69, 9.17) is 5.26 Å². The number of imide groups is 1. The number of Topliss-reactive ketones (excluding diaryl/α,β-unsaturated/α-hetero) is 2. The molecule has 1 aliphatic carbocycles. The van der Waals surface area contributed by atoms with E-state index in [1.165, 1.54) is 11.3 Å². The van der Waals surface area contributed by atoms with Gasteiger partial charge in [-0.2, -0.15) is 5.26 Å². The van der Waals surface area contributed by atoms with Crippen molar-refractivity contribution in [3.05, 3.63) is 94.0 Å². The fourth-order valence-corrected chi connectivity index (χ4v) is 6.31. The molecule has 2 heterocycles. The van der Waals surface area contributed by atoms with Crippen LogP contribution in [0.1, 0.15) is 62.2 Å². The van der Waals surface area contributed by atoms with Crippen molar-refractivity contribution in [1.82, 2.24) is 9.80 Å². The van der Waals surface area contributed by atoms with Crippen molar-refractivity contribution >= 4 is 34.8 Å². The summed E-state index contributed by atoms with van der Waals surface area (Å²) in [6.45, 7) is 7.15. The minimum atomic E-state index is -0.881. The van der Waals surface area contributed by atoms with Crippen molar-refractivity contribution in [2.24, 2.45) is 0 Å². The molecule has 9 heteroatoms. The highest BCUT2D eigenvalue weighted by Gasteiger charge is 2.45. The molecule has 0 radical (unpaired) electrons. The second kappa shape index (κ2) is 11.8. The lowest BCUT2D eigenvalue weighted by Crippen LogP contribution is -2.47. The molecule has 1 atom stereocenters. The van der Waals surface area contributed by atoms with E-state index in [1.54, 1.807) is 18.2 Å². The lowest BCUT2D eigenvalue weighted by atomic mass is 9.92. The number of nitriles is 1. The average molecular weight is 576 g/mol. The molecular formula is C34H33N5O4. The van der Waals surface area contributed by atoms with E-state index in [1.807, 2.05) is 18.2 Å². The Bertz CT molecular complexity index is 1650. The Hall–Kier alpha value is -4.81. The van der Waals surface area contributed by atoms with Gasteiger partial charge in [0.25, 0.3) is 11.8 Å². The molecule has 2 amide bonds. The molecule has 3 aliphatic rings. The molecule has 9 nitrogen and oxygen atoms in total. The van der Waals surface area contributed by atoms with Gasteiger partial charge in [0.1, 0.15) is 5.78 Å². The van der Waals surface area contributed by atoms with Crippen LogP contribution in [0.3, 0.4) is 0 Å². The van der Waals surface area contributed by atoms with E-state index in [9.17, 15) is 19.2 Å². The van der Waals surface area contributed by atoms with E-state index in [0.717, 1.165) is 48.8 Å². The van der Waals surface area contributed by atoms with Crippen LogP contribution in [0.2, 0.25) is 0 Å². The SMILES string of the molecule is Cc1cc(C#N)ccc1N1CCN(Cc2ccc(CNc3cccc4c3C(=O)N(C3CCC(=O)CC3=O)C4=O)cc2)CC1. The predicted octanol–water partition coefficient (Wildman–Crippen LogP) is 4.09. The minimum absolute atomic E-state index is 0.149. The van der Waals surface area contributed by atoms with E-state index in [0.29, 0.717) is 17.8 Å². The number of benzene rings is 3. The summed E-state index contributed by atoms with van der Waals surface area (Å²) in [5.41, 5.74) is 6.38. The number of nitrogens with one attached hydrogen (secondary N) is 1. The van der Waals surface area contributed by atoms with Crippen molar-refractivity contribution in [1.29, 1.82) is 5.26 Å². The van der Waals surface area contributed by atoms with Crippen LogP contribution in [0.15, 0.2) is 60.7 Å². The zero-order chi connectivity index (χ0) is 30.1. The summed E-state index contributed by atoms with van der Waals surface area (Å²) in [4.78, 5) is 56.5. The third-order valence-electron chi connectivity index (χ3n) is 8.65. The highest BCUT2D eigenvalue weighted by molar-refractivity contribution is 6.25. The van der Waals surface area contributed by atoms with Crippen molar-refractivity contribution < 1.29 is 19.2 Å². The van der Waals surface area contributed by atoms with Gasteiger partial charge in [0.2, 0.25) is 0 Å². The second-order valence-electron chi connectivity index (χ2n) is 11.5. The molecule has 2 fully saturated rings. The van der Waals surface area contributed by atoms with Gasteiger partial charge in [-0.05, 0) is 60.4 Å². The highest BCUT2D eigenvalue weighted by Crippen LogP contribution is 2.33. The maximum Gasteiger partial charge on any atom is 0.264 e. The maximum atomic E-state index is 13.4.